The van der Waals surface area contributed by atoms with Crippen molar-refractivity contribution in [1.82, 2.24) is 0 Å². The van der Waals surface area contributed by atoms with Gasteiger partial charge in [0, 0.05) is 12.3 Å². The van der Waals surface area contributed by atoms with Gasteiger partial charge in [-0.05, 0) is 104 Å². The van der Waals surface area contributed by atoms with Gasteiger partial charge in [0.2, 0.25) is 0 Å². The molecule has 1 N–H and O–H groups in total. The van der Waals surface area contributed by atoms with E-state index in [2.05, 4.69) is 27.7 Å². The first-order chi connectivity index (χ1) is 14.3. The Bertz CT molecular complexity index is 684. The highest BCUT2D eigenvalue weighted by atomic mass is 16.7. The molecule has 6 rings (SSSR count). The Labute approximate surface area is 183 Å². The van der Waals surface area contributed by atoms with Crippen LogP contribution in [0.3, 0.4) is 0 Å². The van der Waals surface area contributed by atoms with Crippen molar-refractivity contribution >= 4 is 0 Å². The largest absolute Gasteiger partial charge is 0.393 e. The molecule has 0 aromatic heterocycles. The number of fused-ring (bicyclic) bond motifs is 7. The minimum atomic E-state index is -0.282. The lowest BCUT2D eigenvalue weighted by molar-refractivity contribution is -0.273. The van der Waals surface area contributed by atoms with Crippen molar-refractivity contribution in [3.63, 3.8) is 0 Å². The Morgan fingerprint density at radius 3 is 2.40 bits per heavy atom. The fraction of sp³-hybridized carbons (Fsp3) is 1.00. The Morgan fingerprint density at radius 2 is 1.63 bits per heavy atom. The zero-order chi connectivity index (χ0) is 20.9. The van der Waals surface area contributed by atoms with E-state index in [0.717, 1.165) is 49.5 Å². The molecule has 0 aromatic rings. The Hall–Kier alpha value is -0.120. The topological polar surface area (TPSA) is 38.7 Å². The van der Waals surface area contributed by atoms with E-state index in [1.165, 1.54) is 44.9 Å². The molecule has 30 heavy (non-hydrogen) atoms. The van der Waals surface area contributed by atoms with E-state index in [1.807, 2.05) is 0 Å². The second-order valence-electron chi connectivity index (χ2n) is 13.1. The molecule has 170 valence electrons. The molecule has 0 radical (unpaired) electrons. The zero-order valence-electron chi connectivity index (χ0n) is 19.7. The van der Waals surface area contributed by atoms with E-state index in [1.54, 1.807) is 0 Å². The van der Waals surface area contributed by atoms with Gasteiger partial charge in [0.1, 0.15) is 0 Å². The van der Waals surface area contributed by atoms with Gasteiger partial charge in [-0.25, -0.2) is 0 Å². The van der Waals surface area contributed by atoms with Gasteiger partial charge in [-0.15, -0.1) is 0 Å². The summed E-state index contributed by atoms with van der Waals surface area (Å²) in [6, 6.07) is 0. The van der Waals surface area contributed by atoms with Crippen LogP contribution in [0.1, 0.15) is 91.9 Å². The Kier molecular flexibility index (Phi) is 4.58. The van der Waals surface area contributed by atoms with E-state index in [4.69, 9.17) is 9.47 Å². The van der Waals surface area contributed by atoms with Gasteiger partial charge in [0.15, 0.2) is 5.79 Å². The maximum absolute atomic E-state index is 10.3. The lowest BCUT2D eigenvalue weighted by Crippen LogP contribution is -2.55. The molecule has 2 heterocycles. The fourth-order valence-electron chi connectivity index (χ4n) is 10.3. The molecule has 4 aliphatic carbocycles. The molecular formula is C27H44O3. The smallest absolute Gasteiger partial charge is 0.171 e. The molecule has 6 aliphatic rings. The second kappa shape index (κ2) is 6.70. The van der Waals surface area contributed by atoms with Gasteiger partial charge in [-0.1, -0.05) is 27.7 Å². The monoisotopic (exact) mass is 416 g/mol. The van der Waals surface area contributed by atoms with Crippen molar-refractivity contribution in [2.75, 3.05) is 6.61 Å². The Balaban J connectivity index is 1.26. The van der Waals surface area contributed by atoms with Crippen molar-refractivity contribution in [3.8, 4) is 0 Å². The lowest BCUT2D eigenvalue weighted by atomic mass is 9.44. The third-order valence-electron chi connectivity index (χ3n) is 11.9. The summed E-state index contributed by atoms with van der Waals surface area (Å²) >= 11 is 0. The van der Waals surface area contributed by atoms with Crippen LogP contribution in [0.2, 0.25) is 0 Å². The van der Waals surface area contributed by atoms with Crippen LogP contribution < -0.4 is 0 Å². The number of ether oxygens (including phenoxy) is 2. The summed E-state index contributed by atoms with van der Waals surface area (Å²) in [5, 5.41) is 10.3. The number of aliphatic hydroxyl groups excluding tert-OH is 1. The summed E-state index contributed by atoms with van der Waals surface area (Å²) in [6.07, 6.45) is 12.9. The average Bonchev–Trinajstić information content (AvgIpc) is 3.16. The molecule has 1 spiro atoms. The van der Waals surface area contributed by atoms with Gasteiger partial charge in [-0.3, -0.25) is 0 Å². The van der Waals surface area contributed by atoms with Gasteiger partial charge < -0.3 is 14.6 Å². The normalized spacial score (nSPS) is 62.5. The molecule has 4 saturated carbocycles. The van der Waals surface area contributed by atoms with Crippen molar-refractivity contribution in [2.24, 2.45) is 52.3 Å². The standard InChI is InChI=1S/C27H44O3/c1-16-7-12-27(29-15-16)17(2)24-23(30-27)14-22-20-6-5-18-13-19(28)8-10-25(18,3)21(20)9-11-26(22,24)4/h16-24,28H,5-15H2,1-4H3/t16-,17+,18-,19+,20?,21?,22?,23-,24+,25+,26+,27-/m1/s1. The number of hydrogen-bond donors (Lipinski definition) is 1. The molecule has 0 aromatic carbocycles. The van der Waals surface area contributed by atoms with Crippen LogP contribution >= 0.6 is 0 Å². The molecular weight excluding hydrogens is 372 g/mol. The third kappa shape index (κ3) is 2.61. The maximum Gasteiger partial charge on any atom is 0.171 e. The van der Waals surface area contributed by atoms with E-state index in [-0.39, 0.29) is 11.9 Å². The molecule has 0 amide bonds. The predicted molar refractivity (Wildman–Crippen MR) is 118 cm³/mol. The summed E-state index contributed by atoms with van der Waals surface area (Å²) in [5.41, 5.74) is 0.899. The summed E-state index contributed by atoms with van der Waals surface area (Å²) in [5.74, 6) is 4.93. The second-order valence-corrected chi connectivity index (χ2v) is 13.1. The SMILES string of the molecule is C[C@@H]1CC[C@@]2(OC1)O[C@@H]1CC3C4CC[C@@H]5C[C@@H](O)CC[C@]5(C)C4CC[C@]3(C)[C@H]1[C@@H]2C. The van der Waals surface area contributed by atoms with Crippen LogP contribution in [-0.2, 0) is 9.47 Å². The predicted octanol–water partition coefficient (Wildman–Crippen LogP) is 5.79. The van der Waals surface area contributed by atoms with Gasteiger partial charge in [0.25, 0.3) is 0 Å². The highest BCUT2D eigenvalue weighted by Gasteiger charge is 2.69. The molecule has 3 unspecified atom stereocenters. The van der Waals surface area contributed by atoms with Crippen LogP contribution in [0, 0.1) is 52.3 Å². The van der Waals surface area contributed by atoms with Crippen LogP contribution in [0.5, 0.6) is 0 Å². The van der Waals surface area contributed by atoms with Gasteiger partial charge >= 0.3 is 0 Å². The molecule has 3 nitrogen and oxygen atoms in total. The molecule has 12 atom stereocenters. The van der Waals surface area contributed by atoms with Crippen molar-refractivity contribution in [1.29, 1.82) is 0 Å². The Morgan fingerprint density at radius 1 is 0.833 bits per heavy atom. The summed E-state index contributed by atoms with van der Waals surface area (Å²) in [7, 11) is 0. The molecule has 3 heteroatoms. The fourth-order valence-corrected chi connectivity index (χ4v) is 10.3. The van der Waals surface area contributed by atoms with Crippen LogP contribution in [0.15, 0.2) is 0 Å². The van der Waals surface area contributed by atoms with Crippen LogP contribution in [-0.4, -0.2) is 29.7 Å². The first kappa shape index (κ1) is 20.5. The summed E-state index contributed by atoms with van der Waals surface area (Å²) < 4.78 is 13.4. The molecule has 2 aliphatic heterocycles. The highest BCUT2D eigenvalue weighted by Crippen LogP contribution is 2.71. The molecule has 2 saturated heterocycles. The third-order valence-corrected chi connectivity index (χ3v) is 11.9. The first-order valence-electron chi connectivity index (χ1n) is 13.3. The number of aliphatic hydroxyl groups is 1. The quantitative estimate of drug-likeness (QED) is 0.543. The lowest BCUT2D eigenvalue weighted by Gasteiger charge is -2.61. The minimum Gasteiger partial charge on any atom is -0.393 e. The van der Waals surface area contributed by atoms with Gasteiger partial charge in [0.05, 0.1) is 18.8 Å². The average molecular weight is 417 g/mol. The molecule has 6 fully saturated rings. The van der Waals surface area contributed by atoms with Crippen LogP contribution in [0.4, 0.5) is 0 Å². The summed E-state index contributed by atoms with van der Waals surface area (Å²) in [6.45, 7) is 10.9. The van der Waals surface area contributed by atoms with E-state index < -0.39 is 0 Å². The van der Waals surface area contributed by atoms with E-state index >= 15 is 0 Å². The molecule has 0 bridgehead atoms. The number of hydrogen-bond acceptors (Lipinski definition) is 3. The van der Waals surface area contributed by atoms with Crippen molar-refractivity contribution in [3.05, 3.63) is 0 Å². The van der Waals surface area contributed by atoms with E-state index in [0.29, 0.717) is 34.7 Å². The minimum absolute atomic E-state index is 0.0389. The van der Waals surface area contributed by atoms with Crippen molar-refractivity contribution < 1.29 is 14.6 Å². The van der Waals surface area contributed by atoms with Crippen molar-refractivity contribution in [2.45, 2.75) is 110 Å². The summed E-state index contributed by atoms with van der Waals surface area (Å²) in [4.78, 5) is 0. The maximum atomic E-state index is 10.3. The van der Waals surface area contributed by atoms with Gasteiger partial charge in [-0.2, -0.15) is 0 Å². The number of rotatable bonds is 0. The highest BCUT2D eigenvalue weighted by molar-refractivity contribution is 5.15. The van der Waals surface area contributed by atoms with E-state index in [9.17, 15) is 5.11 Å². The zero-order valence-corrected chi connectivity index (χ0v) is 19.7. The van der Waals surface area contributed by atoms with Crippen LogP contribution in [0.25, 0.3) is 0 Å². The first-order valence-corrected chi connectivity index (χ1v) is 13.3.